The highest BCUT2D eigenvalue weighted by Gasteiger charge is 2.10. The van der Waals surface area contributed by atoms with Gasteiger partial charge in [0.1, 0.15) is 5.82 Å². The van der Waals surface area contributed by atoms with Crippen molar-refractivity contribution in [3.8, 4) is 0 Å². The Kier molecular flexibility index (Phi) is 4.99. The van der Waals surface area contributed by atoms with E-state index in [0.29, 0.717) is 17.2 Å². The lowest BCUT2D eigenvalue weighted by molar-refractivity contribution is -0.115. The standard InChI is InChI=1S/C19H17FN4O/c1-24(15-8-3-2-4-9-15)18-12-11-17(22-23-18)21-19(25)13-14-7-5-6-10-16(14)20/h2-12H,13H2,1H3,(H,21,22,25). The van der Waals surface area contributed by atoms with Crippen LogP contribution < -0.4 is 10.2 Å². The minimum absolute atomic E-state index is 0.0555. The number of aromatic nitrogens is 2. The van der Waals surface area contributed by atoms with Gasteiger partial charge in [-0.3, -0.25) is 4.79 Å². The predicted octanol–water partition coefficient (Wildman–Crippen LogP) is 3.56. The Morgan fingerprint density at radius 1 is 1.00 bits per heavy atom. The number of anilines is 3. The fourth-order valence-electron chi connectivity index (χ4n) is 2.36. The Bertz CT molecular complexity index is 853. The molecule has 0 atom stereocenters. The zero-order chi connectivity index (χ0) is 17.6. The minimum atomic E-state index is -0.399. The highest BCUT2D eigenvalue weighted by Crippen LogP contribution is 2.20. The largest absolute Gasteiger partial charge is 0.328 e. The molecule has 1 heterocycles. The van der Waals surface area contributed by atoms with Crippen LogP contribution in [0.25, 0.3) is 0 Å². The molecule has 0 saturated heterocycles. The number of nitrogens with one attached hydrogen (secondary N) is 1. The van der Waals surface area contributed by atoms with Crippen LogP contribution in [0.15, 0.2) is 66.7 Å². The average Bonchev–Trinajstić information content (AvgIpc) is 2.64. The molecule has 0 radical (unpaired) electrons. The van der Waals surface area contributed by atoms with Crippen molar-refractivity contribution < 1.29 is 9.18 Å². The van der Waals surface area contributed by atoms with E-state index in [2.05, 4.69) is 15.5 Å². The fraction of sp³-hybridized carbons (Fsp3) is 0.105. The number of carbonyl (C=O) groups excluding carboxylic acids is 1. The second-order valence-electron chi connectivity index (χ2n) is 5.49. The Morgan fingerprint density at radius 2 is 1.72 bits per heavy atom. The van der Waals surface area contributed by atoms with E-state index in [0.717, 1.165) is 5.69 Å². The Morgan fingerprint density at radius 3 is 2.40 bits per heavy atom. The van der Waals surface area contributed by atoms with Crippen LogP contribution in [0.1, 0.15) is 5.56 Å². The van der Waals surface area contributed by atoms with Crippen LogP contribution in [0.3, 0.4) is 0 Å². The molecule has 2 aromatic carbocycles. The molecule has 25 heavy (non-hydrogen) atoms. The maximum atomic E-state index is 13.6. The maximum absolute atomic E-state index is 13.6. The van der Waals surface area contributed by atoms with Crippen LogP contribution in [0.2, 0.25) is 0 Å². The van der Waals surface area contributed by atoms with E-state index in [9.17, 15) is 9.18 Å². The smallest absolute Gasteiger partial charge is 0.230 e. The van der Waals surface area contributed by atoms with E-state index >= 15 is 0 Å². The van der Waals surface area contributed by atoms with Crippen molar-refractivity contribution in [1.82, 2.24) is 10.2 Å². The summed E-state index contributed by atoms with van der Waals surface area (Å²) in [5, 5.41) is 10.8. The van der Waals surface area contributed by atoms with Gasteiger partial charge in [-0.25, -0.2) is 4.39 Å². The third-order valence-corrected chi connectivity index (χ3v) is 3.71. The van der Waals surface area contributed by atoms with Crippen LogP contribution in [0.5, 0.6) is 0 Å². The monoisotopic (exact) mass is 336 g/mol. The molecule has 0 unspecified atom stereocenters. The SMILES string of the molecule is CN(c1ccccc1)c1ccc(NC(=O)Cc2ccccc2F)nn1. The molecular formula is C19H17FN4O. The number of rotatable bonds is 5. The van der Waals surface area contributed by atoms with Gasteiger partial charge in [-0.05, 0) is 35.9 Å². The first-order chi connectivity index (χ1) is 12.1. The van der Waals surface area contributed by atoms with Crippen molar-refractivity contribution in [1.29, 1.82) is 0 Å². The van der Waals surface area contributed by atoms with Crippen LogP contribution in [0, 0.1) is 5.82 Å². The quantitative estimate of drug-likeness (QED) is 0.774. The lowest BCUT2D eigenvalue weighted by Gasteiger charge is -2.17. The molecule has 0 fully saturated rings. The Balaban J connectivity index is 1.64. The van der Waals surface area contributed by atoms with Gasteiger partial charge in [0.15, 0.2) is 11.6 Å². The molecule has 1 amide bonds. The van der Waals surface area contributed by atoms with Gasteiger partial charge in [0.05, 0.1) is 6.42 Å². The van der Waals surface area contributed by atoms with Gasteiger partial charge in [-0.1, -0.05) is 36.4 Å². The van der Waals surface area contributed by atoms with Gasteiger partial charge in [0, 0.05) is 12.7 Å². The zero-order valence-corrected chi connectivity index (χ0v) is 13.7. The molecule has 0 aliphatic rings. The Labute approximate surface area is 145 Å². The van der Waals surface area contributed by atoms with Crippen LogP contribution in [0.4, 0.5) is 21.7 Å². The molecule has 0 bridgehead atoms. The number of para-hydroxylation sites is 1. The summed E-state index contributed by atoms with van der Waals surface area (Å²) < 4.78 is 13.6. The third-order valence-electron chi connectivity index (χ3n) is 3.71. The van der Waals surface area contributed by atoms with Gasteiger partial charge in [-0.2, -0.15) is 0 Å². The number of hydrogen-bond acceptors (Lipinski definition) is 4. The number of hydrogen-bond donors (Lipinski definition) is 1. The fourth-order valence-corrected chi connectivity index (χ4v) is 2.36. The topological polar surface area (TPSA) is 58.1 Å². The summed E-state index contributed by atoms with van der Waals surface area (Å²) in [7, 11) is 1.88. The first-order valence-electron chi connectivity index (χ1n) is 7.79. The van der Waals surface area contributed by atoms with Crippen molar-refractivity contribution in [3.05, 3.63) is 78.1 Å². The lowest BCUT2D eigenvalue weighted by Crippen LogP contribution is -2.17. The lowest BCUT2D eigenvalue weighted by atomic mass is 10.1. The molecule has 3 rings (SSSR count). The maximum Gasteiger partial charge on any atom is 0.230 e. The summed E-state index contributed by atoms with van der Waals surface area (Å²) in [6.07, 6.45) is -0.0555. The first kappa shape index (κ1) is 16.6. The summed E-state index contributed by atoms with van der Waals surface area (Å²) in [6, 6.07) is 19.4. The van der Waals surface area contributed by atoms with E-state index in [1.807, 2.05) is 42.3 Å². The molecule has 6 heteroatoms. The highest BCUT2D eigenvalue weighted by atomic mass is 19.1. The van der Waals surface area contributed by atoms with Gasteiger partial charge < -0.3 is 10.2 Å². The Hall–Kier alpha value is -3.28. The van der Waals surface area contributed by atoms with Crippen LogP contribution in [-0.2, 0) is 11.2 Å². The summed E-state index contributed by atoms with van der Waals surface area (Å²) in [4.78, 5) is 13.9. The second-order valence-corrected chi connectivity index (χ2v) is 5.49. The highest BCUT2D eigenvalue weighted by molar-refractivity contribution is 5.91. The van der Waals surface area contributed by atoms with Gasteiger partial charge in [0.25, 0.3) is 0 Å². The number of nitrogens with zero attached hydrogens (tertiary/aromatic N) is 3. The zero-order valence-electron chi connectivity index (χ0n) is 13.7. The number of amides is 1. The number of halogens is 1. The summed E-state index contributed by atoms with van der Waals surface area (Å²) >= 11 is 0. The van der Waals surface area contributed by atoms with Crippen molar-refractivity contribution in [3.63, 3.8) is 0 Å². The van der Waals surface area contributed by atoms with Crippen LogP contribution >= 0.6 is 0 Å². The first-order valence-corrected chi connectivity index (χ1v) is 7.79. The van der Waals surface area contributed by atoms with E-state index in [4.69, 9.17) is 0 Å². The second kappa shape index (κ2) is 7.53. The van der Waals surface area contributed by atoms with Crippen LogP contribution in [-0.4, -0.2) is 23.2 Å². The molecule has 1 N–H and O–H groups in total. The normalized spacial score (nSPS) is 10.3. The summed E-state index contributed by atoms with van der Waals surface area (Å²) in [6.45, 7) is 0. The molecule has 0 aliphatic carbocycles. The average molecular weight is 336 g/mol. The van der Waals surface area contributed by atoms with Crippen molar-refractivity contribution in [2.75, 3.05) is 17.3 Å². The molecule has 1 aromatic heterocycles. The van der Waals surface area contributed by atoms with Gasteiger partial charge in [0.2, 0.25) is 5.91 Å². The molecule has 126 valence electrons. The predicted molar refractivity (Wildman–Crippen MR) is 95.3 cm³/mol. The number of carbonyl (C=O) groups is 1. The minimum Gasteiger partial charge on any atom is -0.328 e. The van der Waals surface area contributed by atoms with E-state index in [-0.39, 0.29) is 12.3 Å². The van der Waals surface area contributed by atoms with E-state index in [1.165, 1.54) is 6.07 Å². The van der Waals surface area contributed by atoms with E-state index in [1.54, 1.807) is 30.3 Å². The molecule has 5 nitrogen and oxygen atoms in total. The van der Waals surface area contributed by atoms with Crippen molar-refractivity contribution >= 4 is 23.2 Å². The molecular weight excluding hydrogens is 319 g/mol. The molecule has 0 saturated carbocycles. The van der Waals surface area contributed by atoms with Crippen molar-refractivity contribution in [2.24, 2.45) is 0 Å². The van der Waals surface area contributed by atoms with Gasteiger partial charge >= 0.3 is 0 Å². The van der Waals surface area contributed by atoms with E-state index < -0.39 is 5.82 Å². The van der Waals surface area contributed by atoms with Crippen molar-refractivity contribution in [2.45, 2.75) is 6.42 Å². The van der Waals surface area contributed by atoms with Gasteiger partial charge in [-0.15, -0.1) is 10.2 Å². The molecule has 0 aliphatic heterocycles. The molecule has 3 aromatic rings. The number of benzene rings is 2. The molecule has 0 spiro atoms. The summed E-state index contributed by atoms with van der Waals surface area (Å²) in [5.41, 5.74) is 1.32. The third kappa shape index (κ3) is 4.17. The summed E-state index contributed by atoms with van der Waals surface area (Å²) in [5.74, 6) is 0.233.